The van der Waals surface area contributed by atoms with E-state index in [4.69, 9.17) is 10.8 Å². The monoisotopic (exact) mass is 293 g/mol. The van der Waals surface area contributed by atoms with E-state index in [0.29, 0.717) is 5.82 Å². The summed E-state index contributed by atoms with van der Waals surface area (Å²) < 4.78 is 0. The standard InChI is InChI=1S/C16H27N3O2/c1-2-3-4-5-6-7-8-9-10-18-15-11-13(16(20)21)14(17)12-19-15/h11-12H,2-10,17H2,1H3,(H,18,19)(H,20,21). The molecule has 1 aromatic heterocycles. The topological polar surface area (TPSA) is 88.2 Å². The normalized spacial score (nSPS) is 10.5. The highest BCUT2D eigenvalue weighted by Gasteiger charge is 2.09. The van der Waals surface area contributed by atoms with Gasteiger partial charge in [-0.1, -0.05) is 51.9 Å². The molecule has 0 amide bonds. The Morgan fingerprint density at radius 3 is 2.43 bits per heavy atom. The van der Waals surface area contributed by atoms with Gasteiger partial charge in [-0.05, 0) is 12.5 Å². The highest BCUT2D eigenvalue weighted by atomic mass is 16.4. The summed E-state index contributed by atoms with van der Waals surface area (Å²) in [4.78, 5) is 15.1. The Balaban J connectivity index is 2.16. The first kappa shape index (κ1) is 17.3. The van der Waals surface area contributed by atoms with Gasteiger partial charge < -0.3 is 16.2 Å². The van der Waals surface area contributed by atoms with Gasteiger partial charge >= 0.3 is 5.97 Å². The van der Waals surface area contributed by atoms with Crippen LogP contribution in [0.5, 0.6) is 0 Å². The molecule has 0 radical (unpaired) electrons. The average Bonchev–Trinajstić information content (AvgIpc) is 2.47. The van der Waals surface area contributed by atoms with E-state index in [1.165, 1.54) is 57.2 Å². The molecule has 0 aliphatic carbocycles. The van der Waals surface area contributed by atoms with E-state index in [1.54, 1.807) is 0 Å². The number of aromatic nitrogens is 1. The molecule has 5 nitrogen and oxygen atoms in total. The van der Waals surface area contributed by atoms with Crippen LogP contribution in [0.15, 0.2) is 12.3 Å². The molecular formula is C16H27N3O2. The van der Waals surface area contributed by atoms with Crippen molar-refractivity contribution in [2.24, 2.45) is 0 Å². The molecular weight excluding hydrogens is 266 g/mol. The number of nitrogen functional groups attached to an aromatic ring is 1. The summed E-state index contributed by atoms with van der Waals surface area (Å²) in [5.41, 5.74) is 5.86. The second-order valence-electron chi connectivity index (χ2n) is 5.36. The summed E-state index contributed by atoms with van der Waals surface area (Å²) in [6.45, 7) is 3.04. The lowest BCUT2D eigenvalue weighted by Gasteiger charge is -2.07. The highest BCUT2D eigenvalue weighted by molar-refractivity contribution is 5.94. The molecule has 0 aliphatic rings. The number of aromatic carboxylic acids is 1. The van der Waals surface area contributed by atoms with Crippen LogP contribution in [0.2, 0.25) is 0 Å². The molecule has 0 aliphatic heterocycles. The fraction of sp³-hybridized carbons (Fsp3) is 0.625. The molecule has 0 unspecified atom stereocenters. The molecule has 0 saturated carbocycles. The van der Waals surface area contributed by atoms with Crippen LogP contribution in [-0.2, 0) is 0 Å². The summed E-state index contributed by atoms with van der Waals surface area (Å²) in [6.07, 6.45) is 11.5. The Morgan fingerprint density at radius 2 is 1.81 bits per heavy atom. The summed E-state index contributed by atoms with van der Waals surface area (Å²) in [5, 5.41) is 12.1. The van der Waals surface area contributed by atoms with Crippen molar-refractivity contribution in [2.45, 2.75) is 58.3 Å². The fourth-order valence-corrected chi connectivity index (χ4v) is 2.22. The van der Waals surface area contributed by atoms with Gasteiger partial charge in [0, 0.05) is 6.54 Å². The van der Waals surface area contributed by atoms with Gasteiger partial charge in [-0.15, -0.1) is 0 Å². The third-order valence-corrected chi connectivity index (χ3v) is 3.50. The van der Waals surface area contributed by atoms with Crippen LogP contribution in [0.1, 0.15) is 68.6 Å². The average molecular weight is 293 g/mol. The minimum atomic E-state index is -1.02. The van der Waals surface area contributed by atoms with Gasteiger partial charge in [-0.3, -0.25) is 0 Å². The third kappa shape index (κ3) is 6.97. The van der Waals surface area contributed by atoms with Gasteiger partial charge in [-0.25, -0.2) is 9.78 Å². The number of nitrogens with zero attached hydrogens (tertiary/aromatic N) is 1. The maximum atomic E-state index is 11.0. The number of carboxylic acids is 1. The largest absolute Gasteiger partial charge is 0.478 e. The maximum absolute atomic E-state index is 11.0. The first-order valence-electron chi connectivity index (χ1n) is 7.87. The van der Waals surface area contributed by atoms with E-state index in [1.807, 2.05) is 0 Å². The van der Waals surface area contributed by atoms with Crippen LogP contribution in [0, 0.1) is 0 Å². The second-order valence-corrected chi connectivity index (χ2v) is 5.36. The summed E-state index contributed by atoms with van der Waals surface area (Å²) in [5.74, 6) is -0.449. The first-order valence-corrected chi connectivity index (χ1v) is 7.87. The number of anilines is 2. The van der Waals surface area contributed by atoms with Crippen LogP contribution in [0.4, 0.5) is 11.5 Å². The van der Waals surface area contributed by atoms with E-state index in [2.05, 4.69) is 17.2 Å². The highest BCUT2D eigenvalue weighted by Crippen LogP contribution is 2.15. The number of rotatable bonds is 11. The predicted molar refractivity (Wildman–Crippen MR) is 86.7 cm³/mol. The number of pyridine rings is 1. The number of hydrogen-bond donors (Lipinski definition) is 3. The minimum absolute atomic E-state index is 0.100. The summed E-state index contributed by atoms with van der Waals surface area (Å²) in [6, 6.07) is 1.49. The summed E-state index contributed by atoms with van der Waals surface area (Å²) >= 11 is 0. The van der Waals surface area contributed by atoms with Crippen LogP contribution in [0.25, 0.3) is 0 Å². The molecule has 0 atom stereocenters. The number of unbranched alkanes of at least 4 members (excludes halogenated alkanes) is 7. The molecule has 4 N–H and O–H groups in total. The van der Waals surface area contributed by atoms with Gasteiger partial charge in [0.1, 0.15) is 5.82 Å². The van der Waals surface area contributed by atoms with E-state index >= 15 is 0 Å². The molecule has 5 heteroatoms. The van der Waals surface area contributed by atoms with Crippen molar-refractivity contribution in [2.75, 3.05) is 17.6 Å². The lowest BCUT2D eigenvalue weighted by Crippen LogP contribution is -2.08. The summed E-state index contributed by atoms with van der Waals surface area (Å²) in [7, 11) is 0. The number of nitrogens with one attached hydrogen (secondary N) is 1. The van der Waals surface area contributed by atoms with Crippen LogP contribution >= 0.6 is 0 Å². The predicted octanol–water partition coefficient (Wildman–Crippen LogP) is 3.91. The zero-order chi connectivity index (χ0) is 15.5. The maximum Gasteiger partial charge on any atom is 0.337 e. The molecule has 0 bridgehead atoms. The van der Waals surface area contributed by atoms with Gasteiger partial charge in [0.25, 0.3) is 0 Å². The van der Waals surface area contributed by atoms with Gasteiger partial charge in [0.15, 0.2) is 0 Å². The smallest absolute Gasteiger partial charge is 0.337 e. The quantitative estimate of drug-likeness (QED) is 0.538. The van der Waals surface area contributed by atoms with Crippen LogP contribution in [-0.4, -0.2) is 22.6 Å². The van der Waals surface area contributed by atoms with Crippen molar-refractivity contribution < 1.29 is 9.90 Å². The van der Waals surface area contributed by atoms with Gasteiger partial charge in [0.05, 0.1) is 17.4 Å². The van der Waals surface area contributed by atoms with Crippen molar-refractivity contribution in [1.82, 2.24) is 4.98 Å². The third-order valence-electron chi connectivity index (χ3n) is 3.50. The molecule has 21 heavy (non-hydrogen) atoms. The lowest BCUT2D eigenvalue weighted by molar-refractivity contribution is 0.0698. The molecule has 0 aromatic carbocycles. The Labute approximate surface area is 127 Å². The van der Waals surface area contributed by atoms with Crippen molar-refractivity contribution in [3.05, 3.63) is 17.8 Å². The van der Waals surface area contributed by atoms with Gasteiger partial charge in [0.2, 0.25) is 0 Å². The van der Waals surface area contributed by atoms with E-state index < -0.39 is 5.97 Å². The number of carboxylic acid groups (broad SMARTS) is 1. The second kappa shape index (κ2) is 10.0. The Kier molecular flexibility index (Phi) is 8.24. The Bertz CT molecular complexity index is 436. The van der Waals surface area contributed by atoms with Crippen molar-refractivity contribution >= 4 is 17.5 Å². The first-order chi connectivity index (χ1) is 10.1. The SMILES string of the molecule is CCCCCCCCCCNc1cc(C(=O)O)c(N)cn1. The van der Waals surface area contributed by atoms with E-state index in [0.717, 1.165) is 13.0 Å². The Hall–Kier alpha value is -1.78. The van der Waals surface area contributed by atoms with Crippen molar-refractivity contribution in [3.8, 4) is 0 Å². The van der Waals surface area contributed by atoms with Crippen LogP contribution < -0.4 is 11.1 Å². The molecule has 0 fully saturated rings. The molecule has 1 aromatic rings. The molecule has 1 rings (SSSR count). The zero-order valence-electron chi connectivity index (χ0n) is 12.9. The Morgan fingerprint density at radius 1 is 1.19 bits per heavy atom. The number of carbonyl (C=O) groups is 1. The molecule has 0 spiro atoms. The van der Waals surface area contributed by atoms with Gasteiger partial charge in [-0.2, -0.15) is 0 Å². The van der Waals surface area contributed by atoms with E-state index in [9.17, 15) is 4.79 Å². The fourth-order valence-electron chi connectivity index (χ4n) is 2.22. The van der Waals surface area contributed by atoms with Crippen molar-refractivity contribution in [3.63, 3.8) is 0 Å². The molecule has 118 valence electrons. The lowest BCUT2D eigenvalue weighted by atomic mass is 10.1. The number of nitrogens with two attached hydrogens (primary N) is 1. The van der Waals surface area contributed by atoms with Crippen LogP contribution in [0.3, 0.4) is 0 Å². The zero-order valence-corrected chi connectivity index (χ0v) is 12.9. The molecule has 1 heterocycles. The number of hydrogen-bond acceptors (Lipinski definition) is 4. The van der Waals surface area contributed by atoms with Crippen molar-refractivity contribution in [1.29, 1.82) is 0 Å². The minimum Gasteiger partial charge on any atom is -0.478 e. The molecule has 0 saturated heterocycles. The van der Waals surface area contributed by atoms with E-state index in [-0.39, 0.29) is 11.3 Å².